The molecule has 0 aliphatic heterocycles. The summed E-state index contributed by atoms with van der Waals surface area (Å²) in [4.78, 5) is 23.3. The summed E-state index contributed by atoms with van der Waals surface area (Å²) in [6.07, 6.45) is 4.61. The fraction of sp³-hybridized carbons (Fsp3) is 0.389. The summed E-state index contributed by atoms with van der Waals surface area (Å²) in [5, 5.41) is 14.4. The van der Waals surface area contributed by atoms with Crippen LogP contribution in [0.2, 0.25) is 0 Å². The second-order valence-electron chi connectivity index (χ2n) is 5.83. The highest BCUT2D eigenvalue weighted by Crippen LogP contribution is 2.28. The molecule has 1 aromatic carbocycles. The molecule has 0 bridgehead atoms. The maximum absolute atomic E-state index is 12.2. The number of carbonyl (C=O) groups excluding carboxylic acids is 2. The van der Waals surface area contributed by atoms with Crippen molar-refractivity contribution in [3.63, 3.8) is 0 Å². The van der Waals surface area contributed by atoms with E-state index in [0.29, 0.717) is 24.4 Å². The highest BCUT2D eigenvalue weighted by molar-refractivity contribution is 5.94. The van der Waals surface area contributed by atoms with Gasteiger partial charge in [-0.15, -0.1) is 0 Å². The first-order valence-electron chi connectivity index (χ1n) is 7.79. The minimum atomic E-state index is -0.222. The summed E-state index contributed by atoms with van der Waals surface area (Å²) in [6, 6.07) is 9.52. The fourth-order valence-corrected chi connectivity index (χ4v) is 2.82. The van der Waals surface area contributed by atoms with Crippen LogP contribution in [-0.4, -0.2) is 17.9 Å². The SMILES string of the molecule is C=CC(=O)NCc1ccc(C(=O)N[C@@H]2CC[C@H](CC#N)C2)cc1. The van der Waals surface area contributed by atoms with Gasteiger partial charge in [-0.2, -0.15) is 5.26 Å². The number of carbonyl (C=O) groups is 2. The first kappa shape index (κ1) is 16.8. The molecule has 1 aromatic rings. The lowest BCUT2D eigenvalue weighted by molar-refractivity contribution is -0.116. The average Bonchev–Trinajstić information content (AvgIpc) is 3.00. The topological polar surface area (TPSA) is 82.0 Å². The van der Waals surface area contributed by atoms with Crippen LogP contribution in [0.25, 0.3) is 0 Å². The Morgan fingerprint density at radius 1 is 1.30 bits per heavy atom. The van der Waals surface area contributed by atoms with Crippen molar-refractivity contribution in [1.29, 1.82) is 5.26 Å². The predicted molar refractivity (Wildman–Crippen MR) is 87.3 cm³/mol. The van der Waals surface area contributed by atoms with Crippen molar-refractivity contribution in [3.8, 4) is 6.07 Å². The summed E-state index contributed by atoms with van der Waals surface area (Å²) in [6.45, 7) is 3.80. The van der Waals surface area contributed by atoms with Gasteiger partial charge in [0, 0.05) is 24.6 Å². The number of rotatable bonds is 6. The van der Waals surface area contributed by atoms with Gasteiger partial charge in [0.05, 0.1) is 6.07 Å². The van der Waals surface area contributed by atoms with E-state index in [0.717, 1.165) is 24.8 Å². The highest BCUT2D eigenvalue weighted by Gasteiger charge is 2.25. The smallest absolute Gasteiger partial charge is 0.251 e. The Morgan fingerprint density at radius 2 is 2.04 bits per heavy atom. The maximum atomic E-state index is 12.2. The number of benzene rings is 1. The van der Waals surface area contributed by atoms with Crippen molar-refractivity contribution in [1.82, 2.24) is 10.6 Å². The van der Waals surface area contributed by atoms with Gasteiger partial charge in [0.2, 0.25) is 5.91 Å². The Morgan fingerprint density at radius 3 is 2.70 bits per heavy atom. The number of nitrogens with zero attached hydrogens (tertiary/aromatic N) is 1. The molecule has 23 heavy (non-hydrogen) atoms. The summed E-state index contributed by atoms with van der Waals surface area (Å²) < 4.78 is 0. The average molecular weight is 311 g/mol. The molecule has 0 aromatic heterocycles. The number of nitriles is 1. The third-order valence-corrected chi connectivity index (χ3v) is 4.12. The minimum Gasteiger partial charge on any atom is -0.349 e. The molecule has 0 saturated heterocycles. The molecule has 2 amide bonds. The van der Waals surface area contributed by atoms with Gasteiger partial charge in [0.15, 0.2) is 0 Å². The second kappa shape index (κ2) is 8.14. The van der Waals surface area contributed by atoms with Crippen LogP contribution in [0.15, 0.2) is 36.9 Å². The molecule has 0 heterocycles. The Bertz CT molecular complexity index is 616. The third kappa shape index (κ3) is 4.96. The van der Waals surface area contributed by atoms with Gasteiger partial charge in [0.25, 0.3) is 5.91 Å². The number of amides is 2. The van der Waals surface area contributed by atoms with E-state index in [2.05, 4.69) is 23.3 Å². The lowest BCUT2D eigenvalue weighted by Crippen LogP contribution is -2.32. The van der Waals surface area contributed by atoms with Gasteiger partial charge < -0.3 is 10.6 Å². The molecule has 2 N–H and O–H groups in total. The van der Waals surface area contributed by atoms with Crippen molar-refractivity contribution in [2.45, 2.75) is 38.3 Å². The molecule has 1 aliphatic carbocycles. The van der Waals surface area contributed by atoms with Crippen molar-refractivity contribution >= 4 is 11.8 Å². The molecule has 2 atom stereocenters. The zero-order chi connectivity index (χ0) is 16.7. The van der Waals surface area contributed by atoms with E-state index in [1.165, 1.54) is 6.08 Å². The van der Waals surface area contributed by atoms with E-state index in [1.54, 1.807) is 12.1 Å². The van der Waals surface area contributed by atoms with Crippen LogP contribution in [0.5, 0.6) is 0 Å². The van der Waals surface area contributed by atoms with E-state index < -0.39 is 0 Å². The zero-order valence-corrected chi connectivity index (χ0v) is 13.0. The first-order valence-corrected chi connectivity index (χ1v) is 7.79. The van der Waals surface area contributed by atoms with Crippen LogP contribution < -0.4 is 10.6 Å². The molecule has 2 rings (SSSR count). The summed E-state index contributed by atoms with van der Waals surface area (Å²) in [5.41, 5.74) is 1.53. The van der Waals surface area contributed by atoms with Gasteiger partial charge in [-0.1, -0.05) is 18.7 Å². The van der Waals surface area contributed by atoms with Crippen LogP contribution in [0.4, 0.5) is 0 Å². The van der Waals surface area contributed by atoms with E-state index in [-0.39, 0.29) is 17.9 Å². The minimum absolute atomic E-state index is 0.0886. The monoisotopic (exact) mass is 311 g/mol. The molecular weight excluding hydrogens is 290 g/mol. The largest absolute Gasteiger partial charge is 0.349 e. The lowest BCUT2D eigenvalue weighted by Gasteiger charge is -2.13. The third-order valence-electron chi connectivity index (χ3n) is 4.12. The molecule has 0 spiro atoms. The molecule has 1 saturated carbocycles. The lowest BCUT2D eigenvalue weighted by atomic mass is 10.1. The molecular formula is C18H21N3O2. The molecule has 0 unspecified atom stereocenters. The van der Waals surface area contributed by atoms with Gasteiger partial charge in [-0.3, -0.25) is 9.59 Å². The van der Waals surface area contributed by atoms with Crippen LogP contribution in [0, 0.1) is 17.2 Å². The summed E-state index contributed by atoms with van der Waals surface area (Å²) in [5.74, 6) is 0.0930. The Kier molecular flexibility index (Phi) is 5.93. The van der Waals surface area contributed by atoms with Crippen LogP contribution in [0.3, 0.4) is 0 Å². The van der Waals surface area contributed by atoms with E-state index in [9.17, 15) is 9.59 Å². The first-order chi connectivity index (χ1) is 11.1. The summed E-state index contributed by atoms with van der Waals surface area (Å²) in [7, 11) is 0. The maximum Gasteiger partial charge on any atom is 0.251 e. The Balaban J connectivity index is 1.84. The number of hydrogen-bond donors (Lipinski definition) is 2. The van der Waals surface area contributed by atoms with Crippen molar-refractivity contribution < 1.29 is 9.59 Å². The van der Waals surface area contributed by atoms with Crippen LogP contribution >= 0.6 is 0 Å². The molecule has 1 aliphatic rings. The predicted octanol–water partition coefficient (Wildman–Crippen LogP) is 2.30. The zero-order valence-electron chi connectivity index (χ0n) is 13.0. The highest BCUT2D eigenvalue weighted by atomic mass is 16.2. The van der Waals surface area contributed by atoms with Crippen molar-refractivity contribution in [3.05, 3.63) is 48.0 Å². The molecule has 5 heteroatoms. The Hall–Kier alpha value is -2.61. The number of nitrogens with one attached hydrogen (secondary N) is 2. The molecule has 1 fully saturated rings. The van der Waals surface area contributed by atoms with Gasteiger partial charge in [-0.25, -0.2) is 0 Å². The van der Waals surface area contributed by atoms with Crippen LogP contribution in [-0.2, 0) is 11.3 Å². The standard InChI is InChI=1S/C18H21N3O2/c1-2-17(22)20-12-14-3-6-15(7-4-14)18(23)21-16-8-5-13(11-16)9-10-19/h2-4,6-7,13,16H,1,5,8-9,11-12H2,(H,20,22)(H,21,23)/t13-,16-/m1/s1. The fourth-order valence-electron chi connectivity index (χ4n) is 2.82. The molecule has 120 valence electrons. The van der Waals surface area contributed by atoms with Crippen LogP contribution in [0.1, 0.15) is 41.6 Å². The van der Waals surface area contributed by atoms with E-state index in [1.807, 2.05) is 12.1 Å². The molecule has 5 nitrogen and oxygen atoms in total. The quantitative estimate of drug-likeness (QED) is 0.791. The van der Waals surface area contributed by atoms with Crippen molar-refractivity contribution in [2.75, 3.05) is 0 Å². The summed E-state index contributed by atoms with van der Waals surface area (Å²) >= 11 is 0. The van der Waals surface area contributed by atoms with E-state index >= 15 is 0 Å². The van der Waals surface area contributed by atoms with Gasteiger partial charge in [-0.05, 0) is 49.0 Å². The number of hydrogen-bond acceptors (Lipinski definition) is 3. The van der Waals surface area contributed by atoms with Gasteiger partial charge in [0.1, 0.15) is 0 Å². The van der Waals surface area contributed by atoms with Crippen molar-refractivity contribution in [2.24, 2.45) is 5.92 Å². The van der Waals surface area contributed by atoms with Gasteiger partial charge >= 0.3 is 0 Å². The second-order valence-corrected chi connectivity index (χ2v) is 5.83. The Labute approximate surface area is 136 Å². The van der Waals surface area contributed by atoms with E-state index in [4.69, 9.17) is 5.26 Å². The normalized spacial score (nSPS) is 19.6. The molecule has 0 radical (unpaired) electrons.